The maximum Gasteiger partial charge on any atom is 0.332 e. The third kappa shape index (κ3) is 6.35. The highest BCUT2D eigenvalue weighted by Crippen LogP contribution is 2.22. The molecule has 0 unspecified atom stereocenters. The van der Waals surface area contributed by atoms with Crippen LogP contribution in [0.1, 0.15) is 22.5 Å². The Kier molecular flexibility index (Phi) is 7.60. The summed E-state index contributed by atoms with van der Waals surface area (Å²) in [7, 11) is 0. The van der Waals surface area contributed by atoms with Crippen molar-refractivity contribution in [2.75, 3.05) is 0 Å². The SMILES string of the molecule is O=C(N[C@H](Cc1ccc(-c2ccccc2)cc1)C[C@@H](O)C(=O)O)c1cc(-c2ccc(Cl)cc2)no1. The van der Waals surface area contributed by atoms with Gasteiger partial charge in [0.05, 0.1) is 0 Å². The minimum Gasteiger partial charge on any atom is -0.479 e. The summed E-state index contributed by atoms with van der Waals surface area (Å²) >= 11 is 5.91. The van der Waals surface area contributed by atoms with Gasteiger partial charge < -0.3 is 20.1 Å². The summed E-state index contributed by atoms with van der Waals surface area (Å²) in [6.45, 7) is 0. The second-order valence-corrected chi connectivity index (χ2v) is 8.55. The second-order valence-electron chi connectivity index (χ2n) is 8.11. The largest absolute Gasteiger partial charge is 0.479 e. The third-order valence-electron chi connectivity index (χ3n) is 5.55. The number of amides is 1. The summed E-state index contributed by atoms with van der Waals surface area (Å²) in [5, 5.41) is 26.4. The number of carbonyl (C=O) groups excluding carboxylic acids is 1. The van der Waals surface area contributed by atoms with Gasteiger partial charge in [-0.15, -0.1) is 0 Å². The van der Waals surface area contributed by atoms with Crippen LogP contribution in [0, 0.1) is 0 Å². The first kappa shape index (κ1) is 24.2. The highest BCUT2D eigenvalue weighted by Gasteiger charge is 2.24. The maximum atomic E-state index is 12.8. The summed E-state index contributed by atoms with van der Waals surface area (Å²) < 4.78 is 5.21. The van der Waals surface area contributed by atoms with Gasteiger partial charge >= 0.3 is 5.97 Å². The molecule has 0 saturated heterocycles. The lowest BCUT2D eigenvalue weighted by molar-refractivity contribution is -0.147. The highest BCUT2D eigenvalue weighted by molar-refractivity contribution is 6.30. The van der Waals surface area contributed by atoms with E-state index in [1.807, 2.05) is 54.6 Å². The zero-order valence-corrected chi connectivity index (χ0v) is 19.4. The number of nitrogens with zero attached hydrogens (tertiary/aromatic N) is 1. The number of aliphatic hydroxyl groups is 1. The number of carboxylic acids is 1. The van der Waals surface area contributed by atoms with Crippen LogP contribution in [0.4, 0.5) is 0 Å². The number of aliphatic hydroxyl groups excluding tert-OH is 1. The smallest absolute Gasteiger partial charge is 0.332 e. The van der Waals surface area contributed by atoms with Gasteiger partial charge in [0.2, 0.25) is 5.76 Å². The van der Waals surface area contributed by atoms with Crippen molar-refractivity contribution >= 4 is 23.5 Å². The number of hydrogen-bond donors (Lipinski definition) is 3. The number of halogens is 1. The first-order valence-corrected chi connectivity index (χ1v) is 11.4. The summed E-state index contributed by atoms with van der Waals surface area (Å²) in [5.74, 6) is -1.93. The van der Waals surface area contributed by atoms with Crippen molar-refractivity contribution in [1.82, 2.24) is 10.5 Å². The Morgan fingerprint density at radius 1 is 0.914 bits per heavy atom. The van der Waals surface area contributed by atoms with E-state index in [1.165, 1.54) is 6.07 Å². The Bertz CT molecular complexity index is 1290. The van der Waals surface area contributed by atoms with Crippen LogP contribution in [-0.4, -0.2) is 39.4 Å². The van der Waals surface area contributed by atoms with Gasteiger partial charge in [0, 0.05) is 29.1 Å². The lowest BCUT2D eigenvalue weighted by Gasteiger charge is -2.20. The predicted molar refractivity (Wildman–Crippen MR) is 132 cm³/mol. The van der Waals surface area contributed by atoms with Gasteiger partial charge in [-0.25, -0.2) is 4.79 Å². The van der Waals surface area contributed by atoms with Crippen LogP contribution in [0.2, 0.25) is 5.02 Å². The van der Waals surface area contributed by atoms with Crippen molar-refractivity contribution in [1.29, 1.82) is 0 Å². The molecule has 1 heterocycles. The summed E-state index contributed by atoms with van der Waals surface area (Å²) in [5.41, 5.74) is 4.19. The molecule has 3 aromatic carbocycles. The predicted octanol–water partition coefficient (Wildman–Crippen LogP) is 4.84. The van der Waals surface area contributed by atoms with Gasteiger partial charge in [-0.3, -0.25) is 4.79 Å². The molecule has 0 fully saturated rings. The summed E-state index contributed by atoms with van der Waals surface area (Å²) in [6, 6.07) is 25.4. The van der Waals surface area contributed by atoms with Crippen LogP contribution in [0.15, 0.2) is 89.5 Å². The molecule has 3 N–H and O–H groups in total. The first-order valence-electron chi connectivity index (χ1n) is 11.0. The van der Waals surface area contributed by atoms with Crippen molar-refractivity contribution in [2.24, 2.45) is 0 Å². The van der Waals surface area contributed by atoms with Gasteiger partial charge in [-0.1, -0.05) is 83.5 Å². The molecule has 0 spiro atoms. The van der Waals surface area contributed by atoms with Crippen molar-refractivity contribution in [3.8, 4) is 22.4 Å². The molecule has 0 bridgehead atoms. The fourth-order valence-corrected chi connectivity index (χ4v) is 3.83. The molecule has 35 heavy (non-hydrogen) atoms. The molecule has 0 saturated carbocycles. The minimum absolute atomic E-state index is 0.0239. The van der Waals surface area contributed by atoms with E-state index in [0.29, 0.717) is 17.1 Å². The quantitative estimate of drug-likeness (QED) is 0.309. The van der Waals surface area contributed by atoms with Crippen LogP contribution in [0.5, 0.6) is 0 Å². The number of nitrogens with one attached hydrogen (secondary N) is 1. The number of benzene rings is 3. The maximum absolute atomic E-state index is 12.8. The van der Waals surface area contributed by atoms with Gasteiger partial charge in [0.15, 0.2) is 6.10 Å². The molecule has 1 amide bonds. The molecule has 0 aliphatic carbocycles. The van der Waals surface area contributed by atoms with Crippen molar-refractivity contribution < 1.29 is 24.3 Å². The molecule has 4 rings (SSSR count). The minimum atomic E-state index is -1.62. The van der Waals surface area contributed by atoms with Crippen LogP contribution in [-0.2, 0) is 11.2 Å². The van der Waals surface area contributed by atoms with E-state index in [2.05, 4.69) is 10.5 Å². The Labute approximate surface area is 207 Å². The highest BCUT2D eigenvalue weighted by atomic mass is 35.5. The number of carbonyl (C=O) groups is 2. The van der Waals surface area contributed by atoms with Crippen LogP contribution in [0.25, 0.3) is 22.4 Å². The lowest BCUT2D eigenvalue weighted by Crippen LogP contribution is -2.40. The van der Waals surface area contributed by atoms with E-state index in [1.54, 1.807) is 24.3 Å². The van der Waals surface area contributed by atoms with Crippen LogP contribution in [0.3, 0.4) is 0 Å². The van der Waals surface area contributed by atoms with Crippen LogP contribution >= 0.6 is 11.6 Å². The molecule has 4 aromatic rings. The topological polar surface area (TPSA) is 113 Å². The standard InChI is InChI=1S/C27H23ClN2O5/c28-21-12-10-20(11-13-21)23-16-25(35-30-23)26(32)29-22(15-24(31)27(33)34)14-17-6-8-19(9-7-17)18-4-2-1-3-5-18/h1-13,16,22,24,31H,14-15H2,(H,29,32)(H,33,34)/t22-,24-/m1/s1. The summed E-state index contributed by atoms with van der Waals surface area (Å²) in [6.07, 6.45) is -1.47. The van der Waals surface area contributed by atoms with Crippen molar-refractivity contribution in [3.63, 3.8) is 0 Å². The Morgan fingerprint density at radius 3 is 2.20 bits per heavy atom. The zero-order valence-electron chi connectivity index (χ0n) is 18.6. The molecule has 0 aliphatic rings. The third-order valence-corrected chi connectivity index (χ3v) is 5.80. The number of rotatable bonds is 9. The number of aromatic nitrogens is 1. The molecule has 0 radical (unpaired) electrons. The second kappa shape index (κ2) is 11.0. The zero-order chi connectivity index (χ0) is 24.8. The molecule has 0 aliphatic heterocycles. The average Bonchev–Trinajstić information content (AvgIpc) is 3.36. The Morgan fingerprint density at radius 2 is 1.54 bits per heavy atom. The van der Waals surface area contributed by atoms with E-state index in [9.17, 15) is 14.7 Å². The first-order chi connectivity index (χ1) is 16.9. The number of hydrogen-bond acceptors (Lipinski definition) is 5. The molecule has 7 nitrogen and oxygen atoms in total. The molecule has 8 heteroatoms. The normalized spacial score (nSPS) is 12.6. The van der Waals surface area contributed by atoms with E-state index in [-0.39, 0.29) is 12.2 Å². The van der Waals surface area contributed by atoms with E-state index in [0.717, 1.165) is 22.3 Å². The Balaban J connectivity index is 1.48. The monoisotopic (exact) mass is 490 g/mol. The number of aliphatic carboxylic acids is 1. The van der Waals surface area contributed by atoms with Crippen molar-refractivity contribution in [3.05, 3.63) is 101 Å². The van der Waals surface area contributed by atoms with Crippen LogP contribution < -0.4 is 5.32 Å². The average molecular weight is 491 g/mol. The Hall–Kier alpha value is -3.94. The molecular formula is C27H23ClN2O5. The van der Waals surface area contributed by atoms with E-state index < -0.39 is 24.0 Å². The molecule has 178 valence electrons. The van der Waals surface area contributed by atoms with Crippen molar-refractivity contribution in [2.45, 2.75) is 25.0 Å². The molecule has 2 atom stereocenters. The van der Waals surface area contributed by atoms with Gasteiger partial charge in [0.1, 0.15) is 5.69 Å². The number of carboxylic acid groups (broad SMARTS) is 1. The van der Waals surface area contributed by atoms with E-state index >= 15 is 0 Å². The van der Waals surface area contributed by atoms with Gasteiger partial charge in [-0.2, -0.15) is 0 Å². The fraction of sp³-hybridized carbons (Fsp3) is 0.148. The summed E-state index contributed by atoms with van der Waals surface area (Å²) in [4.78, 5) is 24.1. The lowest BCUT2D eigenvalue weighted by atomic mass is 9.97. The molecule has 1 aromatic heterocycles. The molecular weight excluding hydrogens is 468 g/mol. The fourth-order valence-electron chi connectivity index (χ4n) is 3.71. The van der Waals surface area contributed by atoms with Gasteiger partial charge in [0.25, 0.3) is 5.91 Å². The van der Waals surface area contributed by atoms with Gasteiger partial charge in [-0.05, 0) is 35.2 Å². The van der Waals surface area contributed by atoms with E-state index in [4.69, 9.17) is 21.2 Å².